The first kappa shape index (κ1) is 10.4. The molecule has 0 rings (SSSR count). The summed E-state index contributed by atoms with van der Waals surface area (Å²) in [5.41, 5.74) is 0. The molecule has 0 radical (unpaired) electrons. The monoisotopic (exact) mass is 167 g/mol. The lowest BCUT2D eigenvalue weighted by Crippen LogP contribution is -2.08. The number of unbranched alkanes of at least 4 members (excludes halogenated alkanes) is 1. The molecule has 1 unspecified atom stereocenters. The topological polar surface area (TPSA) is 65.5 Å². The first-order valence-electron chi connectivity index (χ1n) is 3.76. The summed E-state index contributed by atoms with van der Waals surface area (Å²) in [6.45, 7) is 2.55. The number of nitrogens with zero attached hydrogens (tertiary/aromatic N) is 2. The highest BCUT2D eigenvalue weighted by atomic mass is 16.4. The molecule has 0 aliphatic carbocycles. The second kappa shape index (κ2) is 6.18. The van der Waals surface area contributed by atoms with E-state index in [1.165, 1.54) is 0 Å². The normalized spacial score (nSPS) is 10.7. The summed E-state index contributed by atoms with van der Waals surface area (Å²) in [5, 5.41) is 16.7. The predicted molar refractivity (Wildman–Crippen MR) is 43.8 cm³/mol. The standard InChI is InChI=1S/C8H10N2O2/c1-2-3-4-10-6-7(5-9)8(11)12/h7H,2-4H2,1H3/p+1. The van der Waals surface area contributed by atoms with Crippen LogP contribution in [0.25, 0.3) is 4.85 Å². The van der Waals surface area contributed by atoms with Crippen LogP contribution in [-0.2, 0) is 4.79 Å². The minimum atomic E-state index is -1.22. The number of carbonyl (C=O) groups is 1. The fraction of sp³-hybridized carbons (Fsp3) is 0.625. The van der Waals surface area contributed by atoms with E-state index < -0.39 is 11.9 Å². The minimum Gasteiger partial charge on any atom is -0.479 e. The number of carboxylic acid groups (broad SMARTS) is 1. The van der Waals surface area contributed by atoms with Crippen molar-refractivity contribution in [1.82, 2.24) is 0 Å². The van der Waals surface area contributed by atoms with E-state index >= 15 is 0 Å². The Morgan fingerprint density at radius 2 is 2.42 bits per heavy atom. The van der Waals surface area contributed by atoms with Gasteiger partial charge in [0.2, 0.25) is 0 Å². The molecule has 4 nitrogen and oxygen atoms in total. The van der Waals surface area contributed by atoms with Crippen LogP contribution in [0.2, 0.25) is 0 Å². The van der Waals surface area contributed by atoms with Gasteiger partial charge in [-0.2, -0.15) is 5.26 Å². The fourth-order valence-corrected chi connectivity index (χ4v) is 0.532. The molecule has 4 heteroatoms. The van der Waals surface area contributed by atoms with Crippen molar-refractivity contribution in [1.29, 1.82) is 5.26 Å². The van der Waals surface area contributed by atoms with Gasteiger partial charge in [-0.3, -0.25) is 0 Å². The lowest BCUT2D eigenvalue weighted by atomic mass is 10.2. The number of rotatable bonds is 3. The Hall–Kier alpha value is -1.55. The summed E-state index contributed by atoms with van der Waals surface area (Å²) in [6, 6.07) is 3.84. The van der Waals surface area contributed by atoms with Gasteiger partial charge in [-0.1, -0.05) is 11.8 Å². The third-order valence-corrected chi connectivity index (χ3v) is 1.22. The van der Waals surface area contributed by atoms with Crippen molar-refractivity contribution in [3.05, 3.63) is 4.85 Å². The number of nitriles is 1. The van der Waals surface area contributed by atoms with Crippen LogP contribution in [0.1, 0.15) is 19.8 Å². The Bertz CT molecular complexity index is 244. The van der Waals surface area contributed by atoms with Gasteiger partial charge in [0, 0.05) is 6.42 Å². The third kappa shape index (κ3) is 4.29. The number of aliphatic carboxylic acids is 1. The molecule has 0 bridgehead atoms. The molecule has 0 saturated heterocycles. The highest BCUT2D eigenvalue weighted by Gasteiger charge is 2.19. The molecular formula is C8H11N2O2+. The van der Waals surface area contributed by atoms with Crippen LogP contribution in [0.3, 0.4) is 0 Å². The molecule has 0 spiro atoms. The Balaban J connectivity index is 3.92. The molecule has 0 amide bonds. The third-order valence-electron chi connectivity index (χ3n) is 1.22. The van der Waals surface area contributed by atoms with E-state index in [1.54, 1.807) is 6.07 Å². The first-order valence-corrected chi connectivity index (χ1v) is 3.76. The SMILES string of the molecule is CCCC[N+]#CC(C#N)C(=O)O. The molecule has 64 valence electrons. The highest BCUT2D eigenvalue weighted by Crippen LogP contribution is 1.93. The molecule has 0 aliphatic heterocycles. The van der Waals surface area contributed by atoms with Gasteiger partial charge in [0.25, 0.3) is 12.5 Å². The molecule has 0 fully saturated rings. The maximum absolute atomic E-state index is 10.2. The Kier molecular flexibility index (Phi) is 5.38. The molecule has 0 saturated carbocycles. The van der Waals surface area contributed by atoms with Gasteiger partial charge in [-0.15, -0.1) is 0 Å². The summed E-state index contributed by atoms with van der Waals surface area (Å²) in [4.78, 5) is 13.9. The highest BCUT2D eigenvalue weighted by molar-refractivity contribution is 5.76. The fourth-order valence-electron chi connectivity index (χ4n) is 0.532. The van der Waals surface area contributed by atoms with Crippen molar-refractivity contribution >= 4 is 5.97 Å². The van der Waals surface area contributed by atoms with Gasteiger partial charge in [-0.05, 0) is 6.42 Å². The van der Waals surface area contributed by atoms with Gasteiger partial charge in [0.15, 0.2) is 0 Å². The van der Waals surface area contributed by atoms with Crippen LogP contribution in [0, 0.1) is 23.3 Å². The summed E-state index contributed by atoms with van der Waals surface area (Å²) in [7, 11) is 0. The van der Waals surface area contributed by atoms with Crippen molar-refractivity contribution in [3.8, 4) is 12.1 Å². The van der Waals surface area contributed by atoms with Crippen molar-refractivity contribution in [3.63, 3.8) is 0 Å². The van der Waals surface area contributed by atoms with E-state index in [4.69, 9.17) is 10.4 Å². The molecule has 0 aromatic rings. The van der Waals surface area contributed by atoms with E-state index in [-0.39, 0.29) is 0 Å². The van der Waals surface area contributed by atoms with E-state index in [1.807, 2.05) is 6.92 Å². The van der Waals surface area contributed by atoms with Crippen molar-refractivity contribution < 1.29 is 9.90 Å². The quantitative estimate of drug-likeness (QED) is 0.645. The number of hydrogen-bond acceptors (Lipinski definition) is 2. The van der Waals surface area contributed by atoms with Gasteiger partial charge in [0.05, 0.1) is 6.07 Å². The van der Waals surface area contributed by atoms with E-state index in [0.717, 1.165) is 12.8 Å². The molecule has 0 aliphatic rings. The summed E-state index contributed by atoms with van der Waals surface area (Å²) < 4.78 is 0. The van der Waals surface area contributed by atoms with Crippen LogP contribution in [0.4, 0.5) is 0 Å². The molecule has 1 atom stereocenters. The second-order valence-electron chi connectivity index (χ2n) is 2.26. The molecule has 1 N–H and O–H groups in total. The number of carboxylic acids is 1. The Morgan fingerprint density at radius 3 is 2.83 bits per heavy atom. The summed E-state index contributed by atoms with van der Waals surface area (Å²) >= 11 is 0. The predicted octanol–water partition coefficient (Wildman–Crippen LogP) is 1.34. The molecular weight excluding hydrogens is 156 g/mol. The van der Waals surface area contributed by atoms with Crippen molar-refractivity contribution in [2.75, 3.05) is 6.54 Å². The largest absolute Gasteiger partial charge is 0.479 e. The smallest absolute Gasteiger partial charge is 0.340 e. The van der Waals surface area contributed by atoms with Crippen LogP contribution in [-0.4, -0.2) is 17.6 Å². The maximum Gasteiger partial charge on any atom is 0.340 e. The first-order chi connectivity index (χ1) is 5.72. The van der Waals surface area contributed by atoms with E-state index in [2.05, 4.69) is 10.9 Å². The number of hydrogen-bond donors (Lipinski definition) is 1. The lowest BCUT2D eigenvalue weighted by molar-refractivity contribution is -0.138. The molecule has 0 aromatic carbocycles. The van der Waals surface area contributed by atoms with Crippen molar-refractivity contribution in [2.45, 2.75) is 19.8 Å². The summed E-state index contributed by atoms with van der Waals surface area (Å²) in [6.07, 6.45) is 1.89. The van der Waals surface area contributed by atoms with Gasteiger partial charge in [0.1, 0.15) is 0 Å². The van der Waals surface area contributed by atoms with Crippen LogP contribution in [0.5, 0.6) is 0 Å². The summed E-state index contributed by atoms with van der Waals surface area (Å²) in [5.74, 6) is -2.42. The van der Waals surface area contributed by atoms with Crippen LogP contribution in [0.15, 0.2) is 0 Å². The molecule has 12 heavy (non-hydrogen) atoms. The Labute approximate surface area is 71.2 Å². The van der Waals surface area contributed by atoms with Crippen LogP contribution >= 0.6 is 0 Å². The second-order valence-corrected chi connectivity index (χ2v) is 2.26. The zero-order chi connectivity index (χ0) is 9.40. The zero-order valence-corrected chi connectivity index (χ0v) is 6.95. The minimum absolute atomic E-state index is 0.544. The average molecular weight is 167 g/mol. The van der Waals surface area contributed by atoms with E-state index in [9.17, 15) is 4.79 Å². The zero-order valence-electron chi connectivity index (χ0n) is 6.95. The lowest BCUT2D eigenvalue weighted by Gasteiger charge is -1.81. The van der Waals surface area contributed by atoms with Gasteiger partial charge in [-0.25, -0.2) is 4.79 Å². The molecule has 0 aromatic heterocycles. The van der Waals surface area contributed by atoms with Crippen LogP contribution < -0.4 is 0 Å². The van der Waals surface area contributed by atoms with Gasteiger partial charge < -0.3 is 5.11 Å². The van der Waals surface area contributed by atoms with Crippen molar-refractivity contribution in [2.24, 2.45) is 5.92 Å². The Morgan fingerprint density at radius 1 is 1.75 bits per heavy atom. The molecule has 0 heterocycles. The van der Waals surface area contributed by atoms with Gasteiger partial charge >= 0.3 is 12.0 Å². The maximum atomic E-state index is 10.2. The average Bonchev–Trinajstić information content (AvgIpc) is 2.04. The van der Waals surface area contributed by atoms with E-state index in [0.29, 0.717) is 6.54 Å².